The molecule has 0 unspecified atom stereocenters. The van der Waals surface area contributed by atoms with Gasteiger partial charge in [0, 0.05) is 18.3 Å². The molecule has 4 nitrogen and oxygen atoms in total. The molecular weight excluding hydrogens is 324 g/mol. The Morgan fingerprint density at radius 2 is 1.92 bits per heavy atom. The molecule has 3 aromatic rings. The predicted molar refractivity (Wildman–Crippen MR) is 102 cm³/mol. The number of nitrogens with zero attached hydrogens (tertiary/aromatic N) is 2. The fourth-order valence-electron chi connectivity index (χ4n) is 3.19. The van der Waals surface area contributed by atoms with Crippen LogP contribution in [0.4, 0.5) is 4.79 Å². The van der Waals surface area contributed by atoms with E-state index in [1.54, 1.807) is 12.4 Å². The fourth-order valence-corrected chi connectivity index (χ4v) is 3.19. The summed E-state index contributed by atoms with van der Waals surface area (Å²) in [7, 11) is 0. The zero-order chi connectivity index (χ0) is 18.7. The van der Waals surface area contributed by atoms with Crippen LogP contribution in [0.5, 0.6) is 0 Å². The fraction of sp³-hybridized carbons (Fsp3) is 0.273. The van der Waals surface area contributed by atoms with Crippen LogP contribution in [-0.4, -0.2) is 15.6 Å². The predicted octanol–water partition coefficient (Wildman–Crippen LogP) is 5.15. The van der Waals surface area contributed by atoms with Gasteiger partial charge in [-0.15, -0.1) is 0 Å². The van der Waals surface area contributed by atoms with Gasteiger partial charge in [0.05, 0.1) is 0 Å². The van der Waals surface area contributed by atoms with E-state index in [-0.39, 0.29) is 12.5 Å². The van der Waals surface area contributed by atoms with Crippen molar-refractivity contribution in [3.63, 3.8) is 0 Å². The van der Waals surface area contributed by atoms with Gasteiger partial charge in [-0.05, 0) is 43.0 Å². The van der Waals surface area contributed by atoms with Crippen LogP contribution in [0.15, 0.2) is 54.9 Å². The van der Waals surface area contributed by atoms with Crippen molar-refractivity contribution in [1.29, 1.82) is 0 Å². The molecule has 0 aliphatic heterocycles. The molecule has 1 aromatic heterocycles. The average molecular weight is 348 g/mol. The van der Waals surface area contributed by atoms with E-state index in [9.17, 15) is 4.79 Å². The number of benzene rings is 2. The molecule has 4 heteroatoms. The zero-order valence-electron chi connectivity index (χ0n) is 15.7. The molecule has 0 amide bonds. The Kier molecular flexibility index (Phi) is 5.21. The zero-order valence-corrected chi connectivity index (χ0v) is 15.7. The maximum absolute atomic E-state index is 12.6. The Morgan fingerprint density at radius 3 is 2.69 bits per heavy atom. The molecule has 134 valence electrons. The third kappa shape index (κ3) is 3.69. The van der Waals surface area contributed by atoms with Crippen LogP contribution in [0.2, 0.25) is 0 Å². The van der Waals surface area contributed by atoms with Gasteiger partial charge in [0.15, 0.2) is 0 Å². The summed E-state index contributed by atoms with van der Waals surface area (Å²) in [5, 5.41) is 0. The lowest BCUT2D eigenvalue weighted by molar-refractivity contribution is 0.140. The van der Waals surface area contributed by atoms with Gasteiger partial charge in [0.2, 0.25) is 0 Å². The first-order valence-electron chi connectivity index (χ1n) is 8.79. The number of hydrogen-bond acceptors (Lipinski definition) is 3. The van der Waals surface area contributed by atoms with Crippen LogP contribution < -0.4 is 0 Å². The maximum Gasteiger partial charge on any atom is 0.419 e. The largest absolute Gasteiger partial charge is 0.444 e. The van der Waals surface area contributed by atoms with Gasteiger partial charge >= 0.3 is 6.09 Å². The van der Waals surface area contributed by atoms with Gasteiger partial charge in [0.1, 0.15) is 12.4 Å². The summed E-state index contributed by atoms with van der Waals surface area (Å²) in [5.74, 6) is 0.685. The van der Waals surface area contributed by atoms with Gasteiger partial charge in [-0.3, -0.25) is 0 Å². The molecule has 0 saturated carbocycles. The van der Waals surface area contributed by atoms with Gasteiger partial charge in [-0.2, -0.15) is 0 Å². The lowest BCUT2D eigenvalue weighted by Crippen LogP contribution is -2.18. The Bertz CT molecular complexity index is 927. The van der Waals surface area contributed by atoms with Crippen LogP contribution in [0.3, 0.4) is 0 Å². The molecule has 0 bridgehead atoms. The summed E-state index contributed by atoms with van der Waals surface area (Å²) in [6.07, 6.45) is 2.90. The minimum Gasteiger partial charge on any atom is -0.444 e. The number of hydrogen-bond donors (Lipinski definition) is 0. The van der Waals surface area contributed by atoms with Gasteiger partial charge in [0.25, 0.3) is 0 Å². The summed E-state index contributed by atoms with van der Waals surface area (Å²) in [4.78, 5) is 17.0. The Hall–Kier alpha value is -2.88. The molecule has 0 saturated heterocycles. The van der Waals surface area contributed by atoms with Gasteiger partial charge in [-0.25, -0.2) is 14.3 Å². The summed E-state index contributed by atoms with van der Waals surface area (Å²) < 4.78 is 6.99. The molecular formula is C22H24N2O2. The molecule has 0 spiro atoms. The lowest BCUT2D eigenvalue weighted by Gasteiger charge is -2.17. The molecule has 0 fully saturated rings. The monoisotopic (exact) mass is 348 g/mol. The van der Waals surface area contributed by atoms with Crippen LogP contribution in [-0.2, 0) is 11.3 Å². The second-order valence-electron chi connectivity index (χ2n) is 6.71. The quantitative estimate of drug-likeness (QED) is 0.655. The SMILES string of the molecule is Cc1cccc(COC(=O)n2ccnc2[C@@H](C)c2cccc(C)c2C)c1. The van der Waals surface area contributed by atoms with E-state index in [0.717, 1.165) is 11.1 Å². The first kappa shape index (κ1) is 17.9. The molecule has 0 radical (unpaired) electrons. The highest BCUT2D eigenvalue weighted by molar-refractivity contribution is 5.71. The average Bonchev–Trinajstić information content (AvgIpc) is 3.11. The first-order valence-corrected chi connectivity index (χ1v) is 8.79. The van der Waals surface area contributed by atoms with Crippen LogP contribution in [0.25, 0.3) is 0 Å². The topological polar surface area (TPSA) is 44.1 Å². The van der Waals surface area contributed by atoms with E-state index in [2.05, 4.69) is 37.9 Å². The second kappa shape index (κ2) is 7.56. The van der Waals surface area contributed by atoms with E-state index in [4.69, 9.17) is 4.74 Å². The maximum atomic E-state index is 12.6. The molecule has 0 aliphatic carbocycles. The normalized spacial score (nSPS) is 12.0. The highest BCUT2D eigenvalue weighted by atomic mass is 16.5. The number of carbonyl (C=O) groups is 1. The molecule has 2 aromatic carbocycles. The Morgan fingerprint density at radius 1 is 1.15 bits per heavy atom. The van der Waals surface area contributed by atoms with Crippen molar-refractivity contribution in [3.05, 3.63) is 88.5 Å². The van der Waals surface area contributed by atoms with Crippen molar-refractivity contribution >= 4 is 6.09 Å². The van der Waals surface area contributed by atoms with Crippen molar-refractivity contribution in [2.24, 2.45) is 0 Å². The Balaban J connectivity index is 1.79. The number of carbonyl (C=O) groups excluding carboxylic acids is 1. The second-order valence-corrected chi connectivity index (χ2v) is 6.71. The van der Waals surface area contributed by atoms with E-state index in [1.165, 1.54) is 21.3 Å². The number of imidazole rings is 1. The molecule has 26 heavy (non-hydrogen) atoms. The highest BCUT2D eigenvalue weighted by Crippen LogP contribution is 2.27. The number of aromatic nitrogens is 2. The van der Waals surface area contributed by atoms with Gasteiger partial charge in [-0.1, -0.05) is 55.0 Å². The molecule has 0 N–H and O–H groups in total. The third-order valence-corrected chi connectivity index (χ3v) is 4.81. The first-order chi connectivity index (χ1) is 12.5. The third-order valence-electron chi connectivity index (χ3n) is 4.81. The molecule has 1 atom stereocenters. The Labute approximate surface area is 154 Å². The number of rotatable bonds is 4. The van der Waals surface area contributed by atoms with Crippen LogP contribution in [0, 0.1) is 20.8 Å². The van der Waals surface area contributed by atoms with Crippen LogP contribution >= 0.6 is 0 Å². The standard InChI is InChI=1S/C22H24N2O2/c1-15-7-5-9-19(13-15)14-26-22(25)24-12-11-23-21(24)18(4)20-10-6-8-16(2)17(20)3/h5-13,18H,14H2,1-4H3/t18-/m0/s1. The smallest absolute Gasteiger partial charge is 0.419 e. The molecule has 3 rings (SSSR count). The summed E-state index contributed by atoms with van der Waals surface area (Å²) >= 11 is 0. The van der Waals surface area contributed by atoms with E-state index in [1.807, 2.05) is 37.3 Å². The van der Waals surface area contributed by atoms with Crippen molar-refractivity contribution in [3.8, 4) is 0 Å². The van der Waals surface area contributed by atoms with E-state index < -0.39 is 6.09 Å². The van der Waals surface area contributed by atoms with Crippen LogP contribution in [0.1, 0.15) is 46.5 Å². The molecule has 1 heterocycles. The summed E-state index contributed by atoms with van der Waals surface area (Å²) in [6, 6.07) is 14.2. The van der Waals surface area contributed by atoms with E-state index in [0.29, 0.717) is 5.82 Å². The lowest BCUT2D eigenvalue weighted by atomic mass is 9.93. The summed E-state index contributed by atoms with van der Waals surface area (Å²) in [5.41, 5.74) is 5.74. The van der Waals surface area contributed by atoms with Crippen molar-refractivity contribution in [2.75, 3.05) is 0 Å². The van der Waals surface area contributed by atoms with E-state index >= 15 is 0 Å². The van der Waals surface area contributed by atoms with Gasteiger partial charge < -0.3 is 4.74 Å². The summed E-state index contributed by atoms with van der Waals surface area (Å²) in [6.45, 7) is 8.52. The number of ether oxygens (including phenoxy) is 1. The van der Waals surface area contributed by atoms with Crippen molar-refractivity contribution in [2.45, 2.75) is 40.2 Å². The van der Waals surface area contributed by atoms with Crippen molar-refractivity contribution < 1.29 is 9.53 Å². The number of aryl methyl sites for hydroxylation is 2. The molecule has 0 aliphatic rings. The minimum absolute atomic E-state index is 0.00332. The van der Waals surface area contributed by atoms with Crippen molar-refractivity contribution in [1.82, 2.24) is 9.55 Å². The minimum atomic E-state index is -0.406. The highest BCUT2D eigenvalue weighted by Gasteiger charge is 2.20.